The van der Waals surface area contributed by atoms with Crippen LogP contribution in [0.25, 0.3) is 6.08 Å². The van der Waals surface area contributed by atoms with Crippen LogP contribution in [0.1, 0.15) is 27.2 Å². The second-order valence-electron chi connectivity index (χ2n) is 4.27. The number of rotatable bonds is 4. The average Bonchev–Trinajstić information content (AvgIpc) is 2.49. The molecule has 0 saturated carbocycles. The van der Waals surface area contributed by atoms with Crippen LogP contribution in [0.3, 0.4) is 0 Å². The maximum absolute atomic E-state index is 12.1. The lowest BCUT2D eigenvalue weighted by atomic mass is 10.1. The Morgan fingerprint density at radius 3 is 2.75 bits per heavy atom. The van der Waals surface area contributed by atoms with Gasteiger partial charge in [-0.3, -0.25) is 9.78 Å². The van der Waals surface area contributed by atoms with E-state index in [-0.39, 0.29) is 10.9 Å². The zero-order chi connectivity index (χ0) is 14.5. The van der Waals surface area contributed by atoms with Crippen molar-refractivity contribution in [2.45, 2.75) is 12.7 Å². The first-order valence-electron chi connectivity index (χ1n) is 6.15. The molecule has 0 aliphatic rings. The van der Waals surface area contributed by atoms with Gasteiger partial charge >= 0.3 is 0 Å². The highest BCUT2D eigenvalue weighted by Gasteiger charge is 2.13. The van der Waals surface area contributed by atoms with E-state index in [1.165, 1.54) is 0 Å². The molecule has 0 aliphatic carbocycles. The summed E-state index contributed by atoms with van der Waals surface area (Å²) in [5, 5.41) is 10.0. The minimum absolute atomic E-state index is 0.0190. The fourth-order valence-corrected chi connectivity index (χ4v) is 2.66. The summed E-state index contributed by atoms with van der Waals surface area (Å²) in [7, 11) is 0. The van der Waals surface area contributed by atoms with Gasteiger partial charge < -0.3 is 5.11 Å². The molecule has 0 radical (unpaired) electrons. The number of pyridine rings is 1. The van der Waals surface area contributed by atoms with E-state index in [1.54, 1.807) is 31.3 Å². The highest BCUT2D eigenvalue weighted by molar-refractivity contribution is 8.13. The standard InChI is InChI=1S/C16H15NO2S/c1-3-12-9-17-11(2)15(18)14(12)10-20-16(19)13-7-5-4-6-8-13/h3-9,18H,1,10H2,2H3. The molecule has 4 heteroatoms. The maximum Gasteiger partial charge on any atom is 0.219 e. The highest BCUT2D eigenvalue weighted by Crippen LogP contribution is 2.29. The lowest BCUT2D eigenvalue weighted by Gasteiger charge is -2.09. The first-order chi connectivity index (χ1) is 9.63. The van der Waals surface area contributed by atoms with Crippen molar-refractivity contribution >= 4 is 23.0 Å². The summed E-state index contributed by atoms with van der Waals surface area (Å²) in [6.45, 7) is 5.43. The molecule has 0 unspecified atom stereocenters. The van der Waals surface area contributed by atoms with Crippen LogP contribution in [0.2, 0.25) is 0 Å². The SMILES string of the molecule is C=Cc1cnc(C)c(O)c1CSC(=O)c1ccccc1. The summed E-state index contributed by atoms with van der Waals surface area (Å²) in [6.07, 6.45) is 3.29. The van der Waals surface area contributed by atoms with Gasteiger partial charge in [0.2, 0.25) is 5.12 Å². The highest BCUT2D eigenvalue weighted by atomic mass is 32.2. The molecule has 102 valence electrons. The number of hydrogen-bond acceptors (Lipinski definition) is 4. The zero-order valence-corrected chi connectivity index (χ0v) is 12.0. The van der Waals surface area contributed by atoms with E-state index in [0.717, 1.165) is 17.3 Å². The molecule has 1 aromatic heterocycles. The maximum atomic E-state index is 12.1. The topological polar surface area (TPSA) is 50.2 Å². The summed E-state index contributed by atoms with van der Waals surface area (Å²) in [6, 6.07) is 9.09. The molecule has 1 aromatic carbocycles. The van der Waals surface area contributed by atoms with E-state index in [1.807, 2.05) is 18.2 Å². The molecule has 0 saturated heterocycles. The molecule has 1 heterocycles. The van der Waals surface area contributed by atoms with Crippen LogP contribution < -0.4 is 0 Å². The van der Waals surface area contributed by atoms with Crippen LogP contribution in [0.5, 0.6) is 5.75 Å². The van der Waals surface area contributed by atoms with E-state index in [0.29, 0.717) is 22.6 Å². The van der Waals surface area contributed by atoms with E-state index < -0.39 is 0 Å². The fraction of sp³-hybridized carbons (Fsp3) is 0.125. The third-order valence-electron chi connectivity index (χ3n) is 2.95. The van der Waals surface area contributed by atoms with Crippen molar-refractivity contribution in [2.24, 2.45) is 0 Å². The molecule has 0 amide bonds. The first kappa shape index (κ1) is 14.3. The quantitative estimate of drug-likeness (QED) is 0.928. The molecular weight excluding hydrogens is 270 g/mol. The van der Waals surface area contributed by atoms with Crippen LogP contribution in [0.15, 0.2) is 43.1 Å². The number of benzene rings is 1. The largest absolute Gasteiger partial charge is 0.506 e. The molecule has 0 atom stereocenters. The third kappa shape index (κ3) is 3.08. The predicted octanol–water partition coefficient (Wildman–Crippen LogP) is 3.81. The minimum Gasteiger partial charge on any atom is -0.506 e. The molecule has 0 spiro atoms. The zero-order valence-electron chi connectivity index (χ0n) is 11.2. The van der Waals surface area contributed by atoms with Gasteiger partial charge in [-0.15, -0.1) is 0 Å². The molecule has 2 aromatic rings. The van der Waals surface area contributed by atoms with Crippen LogP contribution in [-0.4, -0.2) is 15.2 Å². The van der Waals surface area contributed by atoms with Gasteiger partial charge in [-0.05, 0) is 12.5 Å². The Kier molecular flexibility index (Phi) is 4.58. The summed E-state index contributed by atoms with van der Waals surface area (Å²) < 4.78 is 0. The third-order valence-corrected chi connectivity index (χ3v) is 3.88. The Hall–Kier alpha value is -2.07. The molecule has 3 nitrogen and oxygen atoms in total. The summed E-state index contributed by atoms with van der Waals surface area (Å²) >= 11 is 1.16. The molecular formula is C16H15NO2S. The van der Waals surface area contributed by atoms with Gasteiger partial charge in [0.05, 0.1) is 5.69 Å². The Bertz CT molecular complexity index is 638. The number of thioether (sulfide) groups is 1. The predicted molar refractivity (Wildman–Crippen MR) is 82.8 cm³/mol. The Balaban J connectivity index is 2.17. The summed E-state index contributed by atoms with van der Waals surface area (Å²) in [5.74, 6) is 0.528. The molecule has 0 fully saturated rings. The van der Waals surface area contributed by atoms with Crippen molar-refractivity contribution in [2.75, 3.05) is 0 Å². The Labute approximate surface area is 122 Å². The lowest BCUT2D eigenvalue weighted by molar-refractivity contribution is 0.108. The number of carbonyl (C=O) groups excluding carboxylic acids is 1. The smallest absolute Gasteiger partial charge is 0.219 e. The van der Waals surface area contributed by atoms with E-state index >= 15 is 0 Å². The van der Waals surface area contributed by atoms with Gasteiger partial charge in [0.15, 0.2) is 0 Å². The van der Waals surface area contributed by atoms with Crippen molar-refractivity contribution in [3.8, 4) is 5.75 Å². The van der Waals surface area contributed by atoms with Crippen LogP contribution in [0, 0.1) is 6.92 Å². The Morgan fingerprint density at radius 1 is 1.40 bits per heavy atom. The van der Waals surface area contributed by atoms with Crippen LogP contribution >= 0.6 is 11.8 Å². The molecule has 0 aliphatic heterocycles. The molecule has 2 rings (SSSR count). The van der Waals surface area contributed by atoms with Crippen molar-refractivity contribution in [1.29, 1.82) is 0 Å². The van der Waals surface area contributed by atoms with Gasteiger partial charge in [0.25, 0.3) is 0 Å². The fourth-order valence-electron chi connectivity index (χ4n) is 1.78. The molecule has 0 bridgehead atoms. The van der Waals surface area contributed by atoms with Crippen molar-refractivity contribution < 1.29 is 9.90 Å². The first-order valence-corrected chi connectivity index (χ1v) is 7.14. The average molecular weight is 285 g/mol. The van der Waals surface area contributed by atoms with Gasteiger partial charge in [-0.2, -0.15) is 0 Å². The minimum atomic E-state index is -0.0190. The monoisotopic (exact) mass is 285 g/mol. The van der Waals surface area contributed by atoms with Gasteiger partial charge in [0, 0.05) is 23.1 Å². The van der Waals surface area contributed by atoms with Crippen molar-refractivity contribution in [3.05, 3.63) is 65.5 Å². The number of aryl methyl sites for hydroxylation is 1. The number of aromatic hydroxyl groups is 1. The van der Waals surface area contributed by atoms with E-state index in [9.17, 15) is 9.90 Å². The Morgan fingerprint density at radius 2 is 2.10 bits per heavy atom. The number of hydrogen-bond donors (Lipinski definition) is 1. The van der Waals surface area contributed by atoms with Gasteiger partial charge in [0.1, 0.15) is 5.75 Å². The lowest BCUT2D eigenvalue weighted by Crippen LogP contribution is -1.97. The summed E-state index contributed by atoms with van der Waals surface area (Å²) in [5.41, 5.74) is 2.66. The number of nitrogens with zero attached hydrogens (tertiary/aromatic N) is 1. The van der Waals surface area contributed by atoms with Crippen LogP contribution in [-0.2, 0) is 5.75 Å². The number of aromatic nitrogens is 1. The van der Waals surface area contributed by atoms with Crippen molar-refractivity contribution in [1.82, 2.24) is 4.98 Å². The van der Waals surface area contributed by atoms with Gasteiger partial charge in [-0.1, -0.05) is 54.7 Å². The van der Waals surface area contributed by atoms with Crippen molar-refractivity contribution in [3.63, 3.8) is 0 Å². The summed E-state index contributed by atoms with van der Waals surface area (Å²) in [4.78, 5) is 16.1. The second kappa shape index (κ2) is 6.39. The second-order valence-corrected chi connectivity index (χ2v) is 5.22. The van der Waals surface area contributed by atoms with Gasteiger partial charge in [-0.25, -0.2) is 0 Å². The normalized spacial score (nSPS) is 10.2. The number of carbonyl (C=O) groups is 1. The molecule has 1 N–H and O–H groups in total. The van der Waals surface area contributed by atoms with Crippen LogP contribution in [0.4, 0.5) is 0 Å². The molecule has 20 heavy (non-hydrogen) atoms. The van der Waals surface area contributed by atoms with E-state index in [2.05, 4.69) is 11.6 Å². The van der Waals surface area contributed by atoms with E-state index in [4.69, 9.17) is 0 Å².